The molecule has 0 spiro atoms. The lowest BCUT2D eigenvalue weighted by Gasteiger charge is -2.04. The van der Waals surface area contributed by atoms with Crippen LogP contribution in [0.3, 0.4) is 0 Å². The molecule has 0 aliphatic carbocycles. The molecule has 0 saturated carbocycles. The summed E-state index contributed by atoms with van der Waals surface area (Å²) in [5, 5.41) is 8.14. The molecular formula is C4H8N2O4. The third-order valence-corrected chi connectivity index (χ3v) is 0.722. The van der Waals surface area contributed by atoms with Crippen LogP contribution >= 0.6 is 0 Å². The third kappa shape index (κ3) is 3.67. The first-order chi connectivity index (χ1) is 4.54. The molecule has 0 saturated heterocycles. The maximum absolute atomic E-state index is 9.95. The quantitative estimate of drug-likeness (QED) is 0.450. The molecule has 0 bridgehead atoms. The van der Waals surface area contributed by atoms with E-state index in [0.29, 0.717) is 0 Å². The SMILES string of the molecule is NC(=O)OCC(N)C(=O)O. The van der Waals surface area contributed by atoms with E-state index in [0.717, 1.165) is 0 Å². The summed E-state index contributed by atoms with van der Waals surface area (Å²) in [6.07, 6.45) is -1.03. The van der Waals surface area contributed by atoms with Gasteiger partial charge in [0.2, 0.25) is 0 Å². The highest BCUT2D eigenvalue weighted by Gasteiger charge is 2.12. The number of hydrogen-bond donors (Lipinski definition) is 3. The zero-order valence-electron chi connectivity index (χ0n) is 5.11. The molecule has 0 aromatic rings. The second kappa shape index (κ2) is 3.67. The van der Waals surface area contributed by atoms with E-state index in [1.165, 1.54) is 0 Å². The van der Waals surface area contributed by atoms with Crippen LogP contribution in [-0.2, 0) is 9.53 Å². The second-order valence-electron chi connectivity index (χ2n) is 1.57. The van der Waals surface area contributed by atoms with E-state index in [-0.39, 0.29) is 0 Å². The first-order valence-electron chi connectivity index (χ1n) is 2.44. The van der Waals surface area contributed by atoms with Gasteiger partial charge in [0.05, 0.1) is 0 Å². The number of carbonyl (C=O) groups excluding carboxylic acids is 1. The largest absolute Gasteiger partial charge is 0.480 e. The number of nitrogens with two attached hydrogens (primary N) is 2. The van der Waals surface area contributed by atoms with Crippen LogP contribution in [0.2, 0.25) is 0 Å². The van der Waals surface area contributed by atoms with Crippen molar-refractivity contribution in [2.45, 2.75) is 6.04 Å². The average molecular weight is 148 g/mol. The molecule has 10 heavy (non-hydrogen) atoms. The van der Waals surface area contributed by atoms with Gasteiger partial charge in [0.1, 0.15) is 12.6 Å². The summed E-state index contributed by atoms with van der Waals surface area (Å²) >= 11 is 0. The average Bonchev–Trinajstić information content (AvgIpc) is 1.82. The molecular weight excluding hydrogens is 140 g/mol. The number of amides is 1. The maximum atomic E-state index is 9.95. The molecule has 6 heteroatoms. The number of aliphatic carboxylic acids is 1. The first kappa shape index (κ1) is 8.70. The van der Waals surface area contributed by atoms with Crippen molar-refractivity contribution in [3.63, 3.8) is 0 Å². The monoisotopic (exact) mass is 148 g/mol. The van der Waals surface area contributed by atoms with Gasteiger partial charge in [-0.1, -0.05) is 0 Å². The fraction of sp³-hybridized carbons (Fsp3) is 0.500. The Labute approximate surface area is 56.7 Å². The van der Waals surface area contributed by atoms with Gasteiger partial charge in [0.15, 0.2) is 0 Å². The van der Waals surface area contributed by atoms with Crippen LogP contribution in [0.1, 0.15) is 0 Å². The summed E-state index contributed by atoms with van der Waals surface area (Å²) < 4.78 is 4.10. The Morgan fingerprint density at radius 2 is 2.10 bits per heavy atom. The summed E-state index contributed by atoms with van der Waals surface area (Å²) in [7, 11) is 0. The Morgan fingerprint density at radius 3 is 2.40 bits per heavy atom. The lowest BCUT2D eigenvalue weighted by Crippen LogP contribution is -2.36. The standard InChI is InChI=1S/C4H8N2O4/c5-2(3(7)8)1-10-4(6)9/h2H,1,5H2,(H2,6,9)(H,7,8). The van der Waals surface area contributed by atoms with Crippen molar-refractivity contribution in [3.8, 4) is 0 Å². The number of primary amides is 1. The Hall–Kier alpha value is -1.30. The molecule has 0 radical (unpaired) electrons. The molecule has 58 valence electrons. The summed E-state index contributed by atoms with van der Waals surface area (Å²) in [6.45, 7) is -0.398. The number of rotatable bonds is 3. The van der Waals surface area contributed by atoms with Crippen LogP contribution in [0.25, 0.3) is 0 Å². The number of hydrogen-bond acceptors (Lipinski definition) is 4. The molecule has 0 fully saturated rings. The summed E-state index contributed by atoms with van der Waals surface area (Å²) in [5.41, 5.74) is 9.46. The lowest BCUT2D eigenvalue weighted by molar-refractivity contribution is -0.139. The Bertz CT molecular complexity index is 146. The fourth-order valence-corrected chi connectivity index (χ4v) is 0.243. The van der Waals surface area contributed by atoms with Gasteiger partial charge in [-0.15, -0.1) is 0 Å². The van der Waals surface area contributed by atoms with Gasteiger partial charge < -0.3 is 21.3 Å². The van der Waals surface area contributed by atoms with E-state index in [9.17, 15) is 9.59 Å². The molecule has 1 unspecified atom stereocenters. The van der Waals surface area contributed by atoms with Crippen LogP contribution in [0.4, 0.5) is 4.79 Å². The number of ether oxygens (including phenoxy) is 1. The first-order valence-corrected chi connectivity index (χ1v) is 2.44. The van der Waals surface area contributed by atoms with Crippen molar-refractivity contribution < 1.29 is 19.4 Å². The summed E-state index contributed by atoms with van der Waals surface area (Å²) in [4.78, 5) is 19.8. The molecule has 0 rings (SSSR count). The van der Waals surface area contributed by atoms with E-state index in [1.807, 2.05) is 0 Å². The molecule has 6 nitrogen and oxygen atoms in total. The highest BCUT2D eigenvalue weighted by atomic mass is 16.5. The third-order valence-electron chi connectivity index (χ3n) is 0.722. The molecule has 5 N–H and O–H groups in total. The van der Waals surface area contributed by atoms with Gasteiger partial charge in [-0.05, 0) is 0 Å². The van der Waals surface area contributed by atoms with E-state index in [2.05, 4.69) is 10.5 Å². The van der Waals surface area contributed by atoms with E-state index in [1.54, 1.807) is 0 Å². The molecule has 0 aliphatic heterocycles. The van der Waals surface area contributed by atoms with Crippen LogP contribution < -0.4 is 11.5 Å². The Balaban J connectivity index is 3.49. The van der Waals surface area contributed by atoms with Crippen LogP contribution in [0.15, 0.2) is 0 Å². The summed E-state index contributed by atoms with van der Waals surface area (Å²) in [6, 6.07) is -1.20. The molecule has 1 atom stereocenters. The molecule has 0 aromatic heterocycles. The van der Waals surface area contributed by atoms with Crippen molar-refractivity contribution in [1.82, 2.24) is 0 Å². The van der Waals surface area contributed by atoms with Crippen LogP contribution in [0, 0.1) is 0 Å². The Kier molecular flexibility index (Phi) is 3.20. The highest BCUT2D eigenvalue weighted by molar-refractivity contribution is 5.74. The summed E-state index contributed by atoms with van der Waals surface area (Å²) in [5.74, 6) is -1.23. The van der Waals surface area contributed by atoms with Gasteiger partial charge in [0, 0.05) is 0 Å². The van der Waals surface area contributed by atoms with E-state index < -0.39 is 24.7 Å². The van der Waals surface area contributed by atoms with Gasteiger partial charge in [-0.2, -0.15) is 0 Å². The number of carbonyl (C=O) groups is 2. The number of carboxylic acid groups (broad SMARTS) is 1. The van der Waals surface area contributed by atoms with Gasteiger partial charge in [-0.25, -0.2) is 4.79 Å². The molecule has 0 aromatic carbocycles. The van der Waals surface area contributed by atoms with Crippen molar-refractivity contribution in [3.05, 3.63) is 0 Å². The smallest absolute Gasteiger partial charge is 0.404 e. The predicted octanol–water partition coefficient (Wildman–Crippen LogP) is -1.51. The van der Waals surface area contributed by atoms with Crippen molar-refractivity contribution in [2.75, 3.05) is 6.61 Å². The minimum absolute atomic E-state index is 0.398. The fourth-order valence-electron chi connectivity index (χ4n) is 0.243. The zero-order valence-corrected chi connectivity index (χ0v) is 5.11. The van der Waals surface area contributed by atoms with E-state index in [4.69, 9.17) is 10.8 Å². The van der Waals surface area contributed by atoms with Gasteiger partial charge in [0.25, 0.3) is 0 Å². The van der Waals surface area contributed by atoms with Crippen molar-refractivity contribution in [2.24, 2.45) is 11.5 Å². The van der Waals surface area contributed by atoms with Crippen molar-refractivity contribution >= 4 is 12.1 Å². The van der Waals surface area contributed by atoms with Crippen LogP contribution in [-0.4, -0.2) is 29.8 Å². The lowest BCUT2D eigenvalue weighted by atomic mass is 10.3. The molecule has 1 amide bonds. The normalized spacial score (nSPS) is 12.1. The van der Waals surface area contributed by atoms with Gasteiger partial charge in [-0.3, -0.25) is 4.79 Å². The highest BCUT2D eigenvalue weighted by Crippen LogP contribution is 1.80. The van der Waals surface area contributed by atoms with Crippen LogP contribution in [0.5, 0.6) is 0 Å². The maximum Gasteiger partial charge on any atom is 0.404 e. The minimum atomic E-state index is -1.23. The van der Waals surface area contributed by atoms with Crippen molar-refractivity contribution in [1.29, 1.82) is 0 Å². The molecule has 0 aliphatic rings. The second-order valence-corrected chi connectivity index (χ2v) is 1.57. The van der Waals surface area contributed by atoms with E-state index >= 15 is 0 Å². The zero-order chi connectivity index (χ0) is 8.15. The Morgan fingerprint density at radius 1 is 1.60 bits per heavy atom. The predicted molar refractivity (Wildman–Crippen MR) is 31.1 cm³/mol. The minimum Gasteiger partial charge on any atom is -0.480 e. The topological polar surface area (TPSA) is 116 Å². The molecule has 0 heterocycles. The van der Waals surface area contributed by atoms with Gasteiger partial charge >= 0.3 is 12.1 Å². The number of carboxylic acids is 1.